The first-order valence-electron chi connectivity index (χ1n) is 36.4. The molecule has 4 aliphatic heterocycles. The van der Waals surface area contributed by atoms with Crippen LogP contribution in [0.15, 0.2) is 72.8 Å². The molecule has 14 nitrogen and oxygen atoms in total. The fourth-order valence-corrected chi connectivity index (χ4v) is 16.9. The van der Waals surface area contributed by atoms with Gasteiger partial charge in [-0.2, -0.15) is 28.1 Å². The molecule has 0 amide bonds. The third-order valence-corrected chi connectivity index (χ3v) is 21.9. The largest absolute Gasteiger partial charge is 0.371 e. The Bertz CT molecular complexity index is 3840. The van der Waals surface area contributed by atoms with Crippen molar-refractivity contribution in [2.75, 3.05) is 72.0 Å². The molecular weight excluding hydrogens is 1190 g/mol. The quantitative estimate of drug-likeness (QED) is 0.0388. The van der Waals surface area contributed by atoms with Gasteiger partial charge in [0.25, 0.3) is 0 Å². The van der Waals surface area contributed by atoms with E-state index in [2.05, 4.69) is 154 Å². The van der Waals surface area contributed by atoms with Crippen LogP contribution in [0, 0.1) is 5.92 Å². The van der Waals surface area contributed by atoms with E-state index in [0.29, 0.717) is 5.92 Å². The smallest absolute Gasteiger partial charge is 0.165 e. The molecule has 0 radical (unpaired) electrons. The maximum absolute atomic E-state index is 5.36. The Labute approximate surface area is 561 Å². The molecule has 1 unspecified atom stereocenters. The van der Waals surface area contributed by atoms with E-state index in [4.69, 9.17) is 23.3 Å². The van der Waals surface area contributed by atoms with Crippen LogP contribution in [0.1, 0.15) is 199 Å². The lowest BCUT2D eigenvalue weighted by molar-refractivity contribution is -0.809. The van der Waals surface area contributed by atoms with Gasteiger partial charge >= 0.3 is 0 Å². The molecule has 0 saturated heterocycles. The van der Waals surface area contributed by atoms with Gasteiger partial charge in [-0.25, -0.2) is 0 Å². The molecule has 0 fully saturated rings. The standard InChI is InChI=1S/C43H59N7S.C34H41N7S/c1-5-9-12-17-31(8-4)30-50-44-40-38(34-20-22-36-32(28-34)18-15-26-48(36)24-13-10-6-2)42-43(47-51-46-42)39(41(40)45-50)35-21-23-37-33(29-35)19-16-27-49(37)25-14-11-7-3;1-3-5-7-17-40-19-9-11-23-21-25(13-15-27(23)40)29-31-32(36-39-35-31)30(34-33(29)37-42-38-34)26-14-16-28-24(22-26)12-10-20-41(28)18-8-6-4-2/h20-23,28-29,31H,5-19,24-27,30H2,1-4H3;13-16,21-22,37H,3-12,17-20H2,1-2H3. The molecular formula is C77H100N14S2. The first-order valence-corrected chi connectivity index (χ1v) is 37.9. The molecule has 8 heterocycles. The summed E-state index contributed by atoms with van der Waals surface area (Å²) in [5.41, 5.74) is 27.8. The van der Waals surface area contributed by atoms with E-state index in [1.54, 1.807) is 0 Å². The molecule has 10 aromatic rings. The van der Waals surface area contributed by atoms with Gasteiger partial charge in [0.2, 0.25) is 0 Å². The Balaban J connectivity index is 0.000000172. The number of benzene rings is 6. The Hall–Kier alpha value is -7.04. The summed E-state index contributed by atoms with van der Waals surface area (Å²) in [5.74, 6) is 0.562. The second-order valence-electron chi connectivity index (χ2n) is 27.2. The van der Waals surface area contributed by atoms with Crippen molar-refractivity contribution < 1.29 is 4.80 Å². The van der Waals surface area contributed by atoms with E-state index < -0.39 is 0 Å². The van der Waals surface area contributed by atoms with E-state index in [9.17, 15) is 0 Å². The number of anilines is 4. The molecule has 0 bridgehead atoms. The van der Waals surface area contributed by atoms with E-state index in [1.165, 1.54) is 208 Å². The fourth-order valence-electron chi connectivity index (χ4n) is 15.7. The fraction of sp³-hybridized carbons (Fsp3) is 0.532. The normalized spacial score (nSPS) is 15.1. The highest BCUT2D eigenvalue weighted by Crippen LogP contribution is 2.46. The second kappa shape index (κ2) is 30.6. The third-order valence-electron chi connectivity index (χ3n) is 20.8. The van der Waals surface area contributed by atoms with Crippen LogP contribution in [0.4, 0.5) is 22.7 Å². The molecule has 0 aliphatic carbocycles. The Kier molecular flexibility index (Phi) is 21.3. The van der Waals surface area contributed by atoms with Crippen LogP contribution in [0.3, 0.4) is 0 Å². The molecule has 490 valence electrons. The van der Waals surface area contributed by atoms with E-state index in [-0.39, 0.29) is 0 Å². The number of hydrogen-bond donors (Lipinski definition) is 1. The number of nitrogens with one attached hydrogen (secondary N) is 1. The highest BCUT2D eigenvalue weighted by atomic mass is 32.1. The number of aromatic amines is 1. The first-order chi connectivity index (χ1) is 45.9. The summed E-state index contributed by atoms with van der Waals surface area (Å²) in [6.07, 6.45) is 30.6. The summed E-state index contributed by atoms with van der Waals surface area (Å²) >= 11 is 2.71. The van der Waals surface area contributed by atoms with E-state index in [0.717, 1.165) is 169 Å². The highest BCUT2D eigenvalue weighted by molar-refractivity contribution is 7.00. The number of fused-ring (bicyclic) bond motifs is 8. The number of rotatable bonds is 27. The maximum atomic E-state index is 5.36. The molecule has 1 atom stereocenters. The van der Waals surface area contributed by atoms with Crippen molar-refractivity contribution in [3.8, 4) is 44.5 Å². The van der Waals surface area contributed by atoms with Crippen LogP contribution in [-0.2, 0) is 32.2 Å². The Morgan fingerprint density at radius 1 is 0.452 bits per heavy atom. The van der Waals surface area contributed by atoms with Crippen LogP contribution in [-0.4, -0.2) is 90.4 Å². The number of aromatic nitrogens is 10. The summed E-state index contributed by atoms with van der Waals surface area (Å²) in [6, 6.07) is 28.1. The summed E-state index contributed by atoms with van der Waals surface area (Å²) in [7, 11) is 0. The van der Waals surface area contributed by atoms with Crippen molar-refractivity contribution in [2.45, 2.75) is 209 Å². The Morgan fingerprint density at radius 3 is 1.31 bits per heavy atom. The number of aryl methyl sites for hydroxylation is 4. The van der Waals surface area contributed by atoms with Gasteiger partial charge in [-0.1, -0.05) is 136 Å². The SMILES string of the molecule is CCCCCC(CC)C[n+]1nc2c(-c3ccc4c(c3)CCCN4CCCCC)c3nsnc3c(-c3ccc4c(c3)CCCN4CCCCC)c2[n-]1.CCCCCN1CCCc2cc(-c3c4nnnc4c(-c4ccc5c(c4)CCCN5CCCCC)c4[nH]snc34)ccc21. The lowest BCUT2D eigenvalue weighted by Gasteiger charge is -2.32. The van der Waals surface area contributed by atoms with Crippen LogP contribution in [0.2, 0.25) is 0 Å². The summed E-state index contributed by atoms with van der Waals surface area (Å²) in [6.45, 7) is 23.7. The van der Waals surface area contributed by atoms with Crippen molar-refractivity contribution in [1.29, 1.82) is 0 Å². The van der Waals surface area contributed by atoms with Gasteiger partial charge in [-0.05, 0) is 188 Å². The molecule has 0 spiro atoms. The minimum Gasteiger partial charge on any atom is -0.371 e. The molecule has 93 heavy (non-hydrogen) atoms. The zero-order valence-corrected chi connectivity index (χ0v) is 58.3. The van der Waals surface area contributed by atoms with E-state index in [1.807, 2.05) is 4.80 Å². The number of nitrogens with zero attached hydrogens (tertiary/aromatic N) is 13. The maximum Gasteiger partial charge on any atom is 0.165 e. The molecule has 0 saturated carbocycles. The molecule has 4 aliphatic rings. The topological polar surface area (TPSA) is 137 Å². The highest BCUT2D eigenvalue weighted by Gasteiger charge is 2.29. The lowest BCUT2D eigenvalue weighted by Crippen LogP contribution is -2.43. The van der Waals surface area contributed by atoms with Crippen molar-refractivity contribution in [3.05, 3.63) is 95.1 Å². The zero-order chi connectivity index (χ0) is 63.6. The van der Waals surface area contributed by atoms with Gasteiger partial charge in [0.05, 0.1) is 17.2 Å². The predicted octanol–water partition coefficient (Wildman–Crippen LogP) is 18.5. The van der Waals surface area contributed by atoms with E-state index >= 15 is 0 Å². The summed E-state index contributed by atoms with van der Waals surface area (Å²) in [4.78, 5) is 12.4. The van der Waals surface area contributed by atoms with Crippen LogP contribution in [0.25, 0.3) is 88.6 Å². The minimum atomic E-state index is 0.562. The van der Waals surface area contributed by atoms with Gasteiger partial charge in [0, 0.05) is 126 Å². The summed E-state index contributed by atoms with van der Waals surface area (Å²) in [5, 5.41) is 24.1. The third kappa shape index (κ3) is 13.8. The first kappa shape index (κ1) is 64.7. The average molecular weight is 1290 g/mol. The lowest BCUT2D eigenvalue weighted by atomic mass is 9.91. The van der Waals surface area contributed by atoms with Crippen molar-refractivity contribution in [1.82, 2.24) is 43.1 Å². The van der Waals surface area contributed by atoms with Gasteiger partial charge in [-0.15, -0.1) is 10.2 Å². The number of H-pyrrole nitrogens is 1. The number of unbranched alkanes of at least 4 members (excludes halogenated alkanes) is 10. The molecule has 16 heteroatoms. The van der Waals surface area contributed by atoms with Crippen molar-refractivity contribution in [2.24, 2.45) is 5.92 Å². The molecule has 14 rings (SSSR count). The molecule has 6 aromatic carbocycles. The second-order valence-corrected chi connectivity index (χ2v) is 28.3. The Morgan fingerprint density at radius 2 is 0.860 bits per heavy atom. The van der Waals surface area contributed by atoms with Gasteiger partial charge < -0.3 is 19.6 Å². The van der Waals surface area contributed by atoms with Gasteiger partial charge in [0.15, 0.2) is 6.54 Å². The summed E-state index contributed by atoms with van der Waals surface area (Å²) < 4.78 is 18.5. The van der Waals surface area contributed by atoms with Gasteiger partial charge in [-0.3, -0.25) is 4.37 Å². The van der Waals surface area contributed by atoms with Crippen LogP contribution >= 0.6 is 23.5 Å². The minimum absolute atomic E-state index is 0.562. The van der Waals surface area contributed by atoms with Crippen molar-refractivity contribution >= 4 is 90.3 Å². The van der Waals surface area contributed by atoms with Crippen LogP contribution in [0.5, 0.6) is 0 Å². The van der Waals surface area contributed by atoms with Crippen molar-refractivity contribution in [3.63, 3.8) is 0 Å². The monoisotopic (exact) mass is 1280 g/mol. The van der Waals surface area contributed by atoms with Gasteiger partial charge in [0.1, 0.15) is 27.6 Å². The predicted molar refractivity (Wildman–Crippen MR) is 391 cm³/mol. The average Bonchev–Trinajstić information content (AvgIpc) is 1.69. The zero-order valence-electron chi connectivity index (χ0n) is 56.7. The van der Waals surface area contributed by atoms with Crippen LogP contribution < -0.4 is 29.5 Å². The molecule has 1 N–H and O–H groups in total. The number of hydrogen-bond acceptors (Lipinski definition) is 13. The molecule has 4 aromatic heterocycles.